The normalized spacial score (nSPS) is 14.5. The Labute approximate surface area is 199 Å². The second kappa shape index (κ2) is 12.2. The van der Waals surface area contributed by atoms with Gasteiger partial charge in [-0.3, -0.25) is 0 Å². The van der Waals surface area contributed by atoms with Crippen molar-refractivity contribution in [3.8, 4) is 0 Å². The van der Waals surface area contributed by atoms with Gasteiger partial charge in [-0.05, 0) is 43.3 Å². The lowest BCUT2D eigenvalue weighted by atomic mass is 10.0. The molecule has 0 spiro atoms. The fourth-order valence-electron chi connectivity index (χ4n) is 3.36. The van der Waals surface area contributed by atoms with Crippen molar-refractivity contribution >= 4 is 21.7 Å². The smallest absolute Gasteiger partial charge is 0.322 e. The number of urea groups is 1. The van der Waals surface area contributed by atoms with E-state index in [1.807, 2.05) is 0 Å². The number of anilines is 1. The van der Waals surface area contributed by atoms with Crippen LogP contribution in [0.4, 0.5) is 19.3 Å². The lowest BCUT2D eigenvalue weighted by Gasteiger charge is -2.34. The molecule has 2 aromatic carbocycles. The molecule has 0 aromatic heterocycles. The maximum absolute atomic E-state index is 14.0. The van der Waals surface area contributed by atoms with Crippen LogP contribution in [0.5, 0.6) is 0 Å². The molecule has 0 heterocycles. The molecule has 0 aliphatic heterocycles. The summed E-state index contributed by atoms with van der Waals surface area (Å²) in [6.07, 6.45) is -0.616. The summed E-state index contributed by atoms with van der Waals surface area (Å²) in [5.74, 6) is -1.50. The predicted molar refractivity (Wildman–Crippen MR) is 125 cm³/mol. The van der Waals surface area contributed by atoms with Crippen LogP contribution in [0, 0.1) is 17.6 Å². The fourth-order valence-corrected chi connectivity index (χ4v) is 4.55. The average molecular weight is 500 g/mol. The van der Waals surface area contributed by atoms with Crippen molar-refractivity contribution in [3.63, 3.8) is 0 Å². The monoisotopic (exact) mass is 499 g/mol. The molecule has 2 amide bonds. The number of methoxy groups -OCH3 is 1. The van der Waals surface area contributed by atoms with Crippen LogP contribution in [0.25, 0.3) is 0 Å². The number of hydrogen-bond donors (Lipinski definition) is 2. The molecule has 0 unspecified atom stereocenters. The molecule has 188 valence electrons. The van der Waals surface area contributed by atoms with E-state index in [1.165, 1.54) is 49.4 Å². The summed E-state index contributed by atoms with van der Waals surface area (Å²) in [5, 5.41) is 12.1. The van der Waals surface area contributed by atoms with Gasteiger partial charge in [-0.1, -0.05) is 19.1 Å². The molecular formula is C23H31F2N3O5S. The van der Waals surface area contributed by atoms with Gasteiger partial charge in [0.1, 0.15) is 11.6 Å². The number of ether oxygens (including phenoxy) is 1. The molecule has 0 aliphatic rings. The summed E-state index contributed by atoms with van der Waals surface area (Å²) in [6.45, 7) is 3.16. The lowest BCUT2D eigenvalue weighted by molar-refractivity contribution is 0.0305. The van der Waals surface area contributed by atoms with Gasteiger partial charge in [0.2, 0.25) is 10.0 Å². The Morgan fingerprint density at radius 3 is 2.26 bits per heavy atom. The van der Waals surface area contributed by atoms with E-state index in [0.717, 1.165) is 16.4 Å². The summed E-state index contributed by atoms with van der Waals surface area (Å²) in [7, 11) is -1.08. The Hall–Kier alpha value is -2.60. The maximum Gasteiger partial charge on any atom is 0.322 e. The summed E-state index contributed by atoms with van der Waals surface area (Å²) in [4.78, 5) is 14.2. The molecule has 0 saturated heterocycles. The highest BCUT2D eigenvalue weighted by Crippen LogP contribution is 2.20. The first-order chi connectivity index (χ1) is 16.0. The largest absolute Gasteiger partial charge is 0.394 e. The van der Waals surface area contributed by atoms with E-state index in [0.29, 0.717) is 0 Å². The zero-order chi connectivity index (χ0) is 25.5. The van der Waals surface area contributed by atoms with Crippen LogP contribution >= 0.6 is 0 Å². The van der Waals surface area contributed by atoms with Gasteiger partial charge >= 0.3 is 6.03 Å². The molecule has 8 nitrogen and oxygen atoms in total. The van der Waals surface area contributed by atoms with Crippen LogP contribution < -0.4 is 5.32 Å². The quantitative estimate of drug-likeness (QED) is 0.495. The average Bonchev–Trinajstić information content (AvgIpc) is 2.81. The van der Waals surface area contributed by atoms with Crippen molar-refractivity contribution in [2.75, 3.05) is 39.2 Å². The number of aliphatic hydroxyl groups is 1. The van der Waals surface area contributed by atoms with Crippen molar-refractivity contribution in [2.24, 2.45) is 5.92 Å². The van der Waals surface area contributed by atoms with Crippen LogP contribution in [0.15, 0.2) is 53.4 Å². The Kier molecular flexibility index (Phi) is 9.92. The number of sulfonamides is 1. The highest BCUT2D eigenvalue weighted by atomic mass is 32.2. The second-order valence-electron chi connectivity index (χ2n) is 8.08. The molecule has 34 heavy (non-hydrogen) atoms. The van der Waals surface area contributed by atoms with E-state index in [2.05, 4.69) is 5.32 Å². The summed E-state index contributed by atoms with van der Waals surface area (Å²) in [6, 6.07) is 9.03. The number of amides is 2. The van der Waals surface area contributed by atoms with Crippen LogP contribution in [0.3, 0.4) is 0 Å². The molecule has 2 rings (SSSR count). The van der Waals surface area contributed by atoms with E-state index in [9.17, 15) is 27.1 Å². The minimum atomic E-state index is -3.89. The van der Waals surface area contributed by atoms with Crippen molar-refractivity contribution in [1.29, 1.82) is 0 Å². The van der Waals surface area contributed by atoms with Gasteiger partial charge in [0.25, 0.3) is 0 Å². The van der Waals surface area contributed by atoms with Gasteiger partial charge in [0, 0.05) is 33.2 Å². The minimum absolute atomic E-state index is 0.00343. The highest BCUT2D eigenvalue weighted by molar-refractivity contribution is 7.89. The number of nitrogens with one attached hydrogen (secondary N) is 1. The number of carbonyl (C=O) groups excluding carboxylic acids is 1. The first kappa shape index (κ1) is 27.6. The van der Waals surface area contributed by atoms with Crippen molar-refractivity contribution < 1.29 is 31.8 Å². The minimum Gasteiger partial charge on any atom is -0.394 e. The number of likely N-dealkylation sites (N-methyl/N-ethyl adjacent to an activating group) is 1. The SMILES string of the molecule is CO[C@H](CN(C)S(=O)(=O)c1ccc(F)cc1)[C@@H](C)CN(C(=O)Nc1ccccc1F)[C@@H](C)CO. The second-order valence-corrected chi connectivity index (χ2v) is 10.1. The first-order valence-corrected chi connectivity index (χ1v) is 12.1. The number of hydrogen-bond acceptors (Lipinski definition) is 5. The third-order valence-electron chi connectivity index (χ3n) is 5.55. The Morgan fingerprint density at radius 2 is 1.71 bits per heavy atom. The molecule has 2 aromatic rings. The molecule has 0 aliphatic carbocycles. The number of carbonyl (C=O) groups is 1. The molecule has 0 bridgehead atoms. The van der Waals surface area contributed by atoms with Gasteiger partial charge < -0.3 is 20.1 Å². The Bertz CT molecular complexity index is 1050. The molecule has 2 N–H and O–H groups in total. The third-order valence-corrected chi connectivity index (χ3v) is 7.39. The summed E-state index contributed by atoms with van der Waals surface area (Å²) in [5.41, 5.74) is 0.00343. The number of benzene rings is 2. The van der Waals surface area contributed by atoms with Gasteiger partial charge in [-0.15, -0.1) is 0 Å². The number of rotatable bonds is 11. The predicted octanol–water partition coefficient (Wildman–Crippen LogP) is 3.15. The Balaban J connectivity index is 2.14. The number of nitrogens with zero attached hydrogens (tertiary/aromatic N) is 2. The van der Waals surface area contributed by atoms with Gasteiger partial charge in [0.05, 0.1) is 29.3 Å². The van der Waals surface area contributed by atoms with E-state index in [-0.39, 0.29) is 36.2 Å². The standard InChI is InChI=1S/C23H31F2N3O5S/c1-16(13-28(17(2)15-29)23(30)26-21-8-6-5-7-20(21)25)22(33-4)14-27(3)34(31,32)19-11-9-18(24)10-12-19/h5-12,16-17,22,29H,13-15H2,1-4H3,(H,26,30)/t16-,17-,22+/m0/s1. The van der Waals surface area contributed by atoms with E-state index >= 15 is 0 Å². The first-order valence-electron chi connectivity index (χ1n) is 10.7. The molecule has 3 atom stereocenters. The van der Waals surface area contributed by atoms with Crippen molar-refractivity contribution in [1.82, 2.24) is 9.21 Å². The maximum atomic E-state index is 14.0. The van der Waals surface area contributed by atoms with Gasteiger partial charge in [0.15, 0.2) is 0 Å². The van der Waals surface area contributed by atoms with Gasteiger partial charge in [-0.25, -0.2) is 22.0 Å². The van der Waals surface area contributed by atoms with Crippen molar-refractivity contribution in [3.05, 3.63) is 60.2 Å². The molecular weight excluding hydrogens is 468 g/mol. The van der Waals surface area contributed by atoms with E-state index in [4.69, 9.17) is 4.74 Å². The number of para-hydroxylation sites is 1. The zero-order valence-electron chi connectivity index (χ0n) is 19.6. The van der Waals surface area contributed by atoms with Gasteiger partial charge in [-0.2, -0.15) is 4.31 Å². The summed E-state index contributed by atoms with van der Waals surface area (Å²) >= 11 is 0. The third kappa shape index (κ3) is 6.95. The van der Waals surface area contributed by atoms with E-state index in [1.54, 1.807) is 19.9 Å². The lowest BCUT2D eigenvalue weighted by Crippen LogP contribution is -2.49. The highest BCUT2D eigenvalue weighted by Gasteiger charge is 2.30. The number of aliphatic hydroxyl groups excluding tert-OH is 1. The summed E-state index contributed by atoms with van der Waals surface area (Å²) < 4.78 is 59.5. The van der Waals surface area contributed by atoms with Crippen molar-refractivity contribution in [2.45, 2.75) is 30.9 Å². The zero-order valence-corrected chi connectivity index (χ0v) is 20.4. The topological polar surface area (TPSA) is 99.2 Å². The molecule has 0 saturated carbocycles. The number of halogens is 2. The molecule has 0 radical (unpaired) electrons. The molecule has 0 fully saturated rings. The van der Waals surface area contributed by atoms with Crippen LogP contribution in [0.1, 0.15) is 13.8 Å². The Morgan fingerprint density at radius 1 is 1.09 bits per heavy atom. The molecule has 11 heteroatoms. The van der Waals surface area contributed by atoms with Crippen LogP contribution in [0.2, 0.25) is 0 Å². The van der Waals surface area contributed by atoms with E-state index < -0.39 is 39.8 Å². The fraction of sp³-hybridized carbons (Fsp3) is 0.435. The van der Waals surface area contributed by atoms with Crippen LogP contribution in [-0.4, -0.2) is 74.8 Å². The van der Waals surface area contributed by atoms with Crippen LogP contribution in [-0.2, 0) is 14.8 Å².